The first-order valence-electron chi connectivity index (χ1n) is 5.76. The summed E-state index contributed by atoms with van der Waals surface area (Å²) in [6.07, 6.45) is 0.513. The summed E-state index contributed by atoms with van der Waals surface area (Å²) in [4.78, 5) is 23.7. The van der Waals surface area contributed by atoms with Crippen LogP contribution in [-0.4, -0.2) is 39.5 Å². The number of hydrogen-bond acceptors (Lipinski definition) is 4. The van der Waals surface area contributed by atoms with Crippen LogP contribution >= 0.6 is 11.6 Å². The number of β-amino-alcohol motifs (C(OH)–C–C–N with tert-alkyl or cyclic N) is 1. The number of rotatable bonds is 2. The Labute approximate surface area is 114 Å². The van der Waals surface area contributed by atoms with E-state index in [-0.39, 0.29) is 28.7 Å². The lowest BCUT2D eigenvalue weighted by molar-refractivity contribution is -0.384. The van der Waals surface area contributed by atoms with Crippen molar-refractivity contribution in [3.05, 3.63) is 38.9 Å². The number of nitrogens with zero attached hydrogens (tertiary/aromatic N) is 2. The van der Waals surface area contributed by atoms with Crippen LogP contribution in [0.5, 0.6) is 0 Å². The second-order valence-corrected chi connectivity index (χ2v) is 5.30. The van der Waals surface area contributed by atoms with E-state index in [1.54, 1.807) is 6.92 Å². The molecule has 19 heavy (non-hydrogen) atoms. The molecule has 0 saturated carbocycles. The number of nitro groups is 1. The first-order valence-corrected chi connectivity index (χ1v) is 6.13. The summed E-state index contributed by atoms with van der Waals surface area (Å²) < 4.78 is 0. The highest BCUT2D eigenvalue weighted by Gasteiger charge is 2.34. The molecule has 0 aromatic heterocycles. The largest absolute Gasteiger partial charge is 0.388 e. The molecule has 6 nitrogen and oxygen atoms in total. The lowest BCUT2D eigenvalue weighted by Gasteiger charge is -2.19. The lowest BCUT2D eigenvalue weighted by Crippen LogP contribution is -2.33. The number of aliphatic hydroxyl groups is 1. The van der Waals surface area contributed by atoms with Crippen LogP contribution in [0.4, 0.5) is 5.69 Å². The Morgan fingerprint density at radius 2 is 2.26 bits per heavy atom. The number of nitro benzene ring substituents is 1. The molecule has 0 spiro atoms. The molecule has 1 fully saturated rings. The second-order valence-electron chi connectivity index (χ2n) is 4.90. The van der Waals surface area contributed by atoms with E-state index in [2.05, 4.69) is 0 Å². The number of hydrogen-bond donors (Lipinski definition) is 1. The third kappa shape index (κ3) is 2.85. The summed E-state index contributed by atoms with van der Waals surface area (Å²) in [5.41, 5.74) is -0.819. The van der Waals surface area contributed by atoms with Crippen LogP contribution in [0.2, 0.25) is 5.02 Å². The molecule has 1 aromatic rings. The minimum Gasteiger partial charge on any atom is -0.388 e. The molecule has 1 aliphatic heterocycles. The Balaban J connectivity index is 2.21. The first kappa shape index (κ1) is 13.8. The fraction of sp³-hybridized carbons (Fsp3) is 0.417. The maximum atomic E-state index is 12.2. The van der Waals surface area contributed by atoms with Gasteiger partial charge in [0.05, 0.1) is 10.5 Å². The van der Waals surface area contributed by atoms with Crippen LogP contribution in [0.1, 0.15) is 23.7 Å². The van der Waals surface area contributed by atoms with Gasteiger partial charge in [-0.05, 0) is 25.5 Å². The minimum atomic E-state index is -0.875. The minimum absolute atomic E-state index is 0.0678. The monoisotopic (exact) mass is 284 g/mol. The highest BCUT2D eigenvalue weighted by Crippen LogP contribution is 2.27. The van der Waals surface area contributed by atoms with Crippen molar-refractivity contribution in [2.24, 2.45) is 0 Å². The number of amides is 1. The Hall–Kier alpha value is -1.66. The maximum Gasteiger partial charge on any atom is 0.287 e. The molecule has 1 atom stereocenters. The normalized spacial score (nSPS) is 22.6. The van der Waals surface area contributed by atoms with Gasteiger partial charge in [-0.15, -0.1) is 0 Å². The van der Waals surface area contributed by atoms with Gasteiger partial charge in [0.15, 0.2) is 0 Å². The van der Waals surface area contributed by atoms with E-state index in [0.717, 1.165) is 0 Å². The summed E-state index contributed by atoms with van der Waals surface area (Å²) in [6.45, 7) is 2.38. The molecule has 1 heterocycles. The second kappa shape index (κ2) is 4.79. The molecular formula is C12H13ClN2O4. The molecular weight excluding hydrogens is 272 g/mol. The quantitative estimate of drug-likeness (QED) is 0.663. The Bertz CT molecular complexity index is 545. The van der Waals surface area contributed by atoms with Gasteiger partial charge in [-0.3, -0.25) is 14.9 Å². The van der Waals surface area contributed by atoms with Gasteiger partial charge in [-0.1, -0.05) is 11.6 Å². The highest BCUT2D eigenvalue weighted by molar-refractivity contribution is 6.33. The van der Waals surface area contributed by atoms with E-state index < -0.39 is 10.5 Å². The highest BCUT2D eigenvalue weighted by atomic mass is 35.5. The molecule has 1 N–H and O–H groups in total. The molecule has 1 aliphatic rings. The van der Waals surface area contributed by atoms with E-state index >= 15 is 0 Å². The molecule has 0 radical (unpaired) electrons. The third-order valence-corrected chi connectivity index (χ3v) is 3.43. The Kier molecular flexibility index (Phi) is 3.47. The van der Waals surface area contributed by atoms with Crippen molar-refractivity contribution in [1.29, 1.82) is 0 Å². The SMILES string of the molecule is CC1(O)CCN(C(=O)c2ccc([N+](=O)[O-])c(Cl)c2)C1. The van der Waals surface area contributed by atoms with Crippen molar-refractivity contribution < 1.29 is 14.8 Å². The van der Waals surface area contributed by atoms with Gasteiger partial charge in [0.1, 0.15) is 5.02 Å². The fourth-order valence-corrected chi connectivity index (χ4v) is 2.34. The molecule has 1 unspecified atom stereocenters. The van der Waals surface area contributed by atoms with Gasteiger partial charge >= 0.3 is 0 Å². The van der Waals surface area contributed by atoms with Crippen molar-refractivity contribution in [2.75, 3.05) is 13.1 Å². The predicted octanol–water partition coefficient (Wildman–Crippen LogP) is 1.85. The molecule has 7 heteroatoms. The predicted molar refractivity (Wildman–Crippen MR) is 69.3 cm³/mol. The van der Waals surface area contributed by atoms with Gasteiger partial charge in [0.2, 0.25) is 0 Å². The number of benzene rings is 1. The Morgan fingerprint density at radius 1 is 1.58 bits per heavy atom. The number of halogens is 1. The molecule has 2 rings (SSSR count). The molecule has 0 bridgehead atoms. The van der Waals surface area contributed by atoms with Crippen molar-refractivity contribution in [3.8, 4) is 0 Å². The van der Waals surface area contributed by atoms with E-state index in [9.17, 15) is 20.0 Å². The molecule has 1 amide bonds. The van der Waals surface area contributed by atoms with Gasteiger partial charge in [0, 0.05) is 24.7 Å². The van der Waals surface area contributed by atoms with Crippen molar-refractivity contribution in [1.82, 2.24) is 4.90 Å². The molecule has 1 saturated heterocycles. The van der Waals surface area contributed by atoms with Crippen LogP contribution in [0.25, 0.3) is 0 Å². The number of likely N-dealkylation sites (tertiary alicyclic amines) is 1. The topological polar surface area (TPSA) is 83.7 Å². The van der Waals surface area contributed by atoms with E-state index in [1.165, 1.54) is 23.1 Å². The standard InChI is InChI=1S/C12H13ClN2O4/c1-12(17)4-5-14(7-12)11(16)8-2-3-10(15(18)19)9(13)6-8/h2-3,6,17H,4-5,7H2,1H3. The lowest BCUT2D eigenvalue weighted by atomic mass is 10.1. The summed E-state index contributed by atoms with van der Waals surface area (Å²) in [7, 11) is 0. The summed E-state index contributed by atoms with van der Waals surface area (Å²) >= 11 is 5.77. The zero-order chi connectivity index (χ0) is 14.2. The fourth-order valence-electron chi connectivity index (χ4n) is 2.09. The van der Waals surface area contributed by atoms with Crippen molar-refractivity contribution in [3.63, 3.8) is 0 Å². The maximum absolute atomic E-state index is 12.2. The van der Waals surface area contributed by atoms with Crippen LogP contribution < -0.4 is 0 Å². The van der Waals surface area contributed by atoms with Crippen molar-refractivity contribution in [2.45, 2.75) is 18.9 Å². The van der Waals surface area contributed by atoms with Gasteiger partial charge < -0.3 is 10.0 Å². The first-order chi connectivity index (χ1) is 8.80. The zero-order valence-electron chi connectivity index (χ0n) is 10.3. The van der Waals surface area contributed by atoms with Gasteiger partial charge in [-0.25, -0.2) is 0 Å². The van der Waals surface area contributed by atoms with Crippen LogP contribution in [0.3, 0.4) is 0 Å². The van der Waals surface area contributed by atoms with E-state index in [0.29, 0.717) is 13.0 Å². The average molecular weight is 285 g/mol. The average Bonchev–Trinajstić information content (AvgIpc) is 2.68. The van der Waals surface area contributed by atoms with E-state index in [1.807, 2.05) is 0 Å². The van der Waals surface area contributed by atoms with Crippen LogP contribution in [0, 0.1) is 10.1 Å². The molecule has 1 aromatic carbocycles. The summed E-state index contributed by atoms with van der Waals surface area (Å²) in [6, 6.07) is 3.87. The summed E-state index contributed by atoms with van der Waals surface area (Å²) in [5.74, 6) is -0.283. The summed E-state index contributed by atoms with van der Waals surface area (Å²) in [5, 5.41) is 20.4. The van der Waals surface area contributed by atoms with Crippen LogP contribution in [0.15, 0.2) is 18.2 Å². The zero-order valence-corrected chi connectivity index (χ0v) is 11.1. The number of carbonyl (C=O) groups excluding carboxylic acids is 1. The van der Waals surface area contributed by atoms with Crippen LogP contribution in [-0.2, 0) is 0 Å². The third-order valence-electron chi connectivity index (χ3n) is 3.13. The van der Waals surface area contributed by atoms with Gasteiger partial charge in [-0.2, -0.15) is 0 Å². The number of carbonyl (C=O) groups is 1. The molecule has 102 valence electrons. The Morgan fingerprint density at radius 3 is 2.74 bits per heavy atom. The molecule has 0 aliphatic carbocycles. The van der Waals surface area contributed by atoms with Gasteiger partial charge in [0.25, 0.3) is 11.6 Å². The van der Waals surface area contributed by atoms with Crippen molar-refractivity contribution >= 4 is 23.2 Å². The van der Waals surface area contributed by atoms with E-state index in [4.69, 9.17) is 11.6 Å². The smallest absolute Gasteiger partial charge is 0.287 e.